The number of nitrogens with zero attached hydrogens (tertiary/aromatic N) is 2. The third kappa shape index (κ3) is 4.72. The number of para-hydroxylation sites is 2. The first-order valence-electron chi connectivity index (χ1n) is 9.59. The van der Waals surface area contributed by atoms with Gasteiger partial charge in [-0.3, -0.25) is 0 Å². The van der Waals surface area contributed by atoms with Crippen LogP contribution in [0.3, 0.4) is 0 Å². The van der Waals surface area contributed by atoms with E-state index in [2.05, 4.69) is 4.98 Å². The van der Waals surface area contributed by atoms with Crippen molar-refractivity contribution in [3.05, 3.63) is 77.6 Å². The van der Waals surface area contributed by atoms with E-state index in [1.165, 1.54) is 38.0 Å². The van der Waals surface area contributed by atoms with Gasteiger partial charge in [0.1, 0.15) is 17.9 Å². The summed E-state index contributed by atoms with van der Waals surface area (Å²) in [6, 6.07) is 17.4. The normalized spacial score (nSPS) is 11.8. The molecule has 0 amide bonds. The number of fused-ring (bicyclic) bond motifs is 1. The Morgan fingerprint density at radius 1 is 1.03 bits per heavy atom. The van der Waals surface area contributed by atoms with Gasteiger partial charge in [-0.15, -0.1) is 0 Å². The number of esters is 1. The second-order valence-corrected chi connectivity index (χ2v) is 9.99. The first-order chi connectivity index (χ1) is 15.3. The van der Waals surface area contributed by atoms with Crippen LogP contribution in [0.4, 0.5) is 0 Å². The monoisotopic (exact) mass is 472 g/mol. The molecule has 0 saturated carbocycles. The number of hydrogen-bond donors (Lipinski definition) is 0. The number of carbonyl (C=O) groups is 1. The molecule has 10 heteroatoms. The van der Waals surface area contributed by atoms with Crippen molar-refractivity contribution in [2.45, 2.75) is 22.7 Å². The summed E-state index contributed by atoms with van der Waals surface area (Å²) < 4.78 is 41.7. The number of carbonyl (C=O) groups excluding carboxylic acids is 1. The molecule has 32 heavy (non-hydrogen) atoms. The van der Waals surface area contributed by atoms with E-state index in [9.17, 15) is 13.2 Å². The van der Waals surface area contributed by atoms with Crippen molar-refractivity contribution in [2.24, 2.45) is 0 Å². The van der Waals surface area contributed by atoms with E-state index in [1.54, 1.807) is 12.1 Å². The first-order valence-corrected chi connectivity index (χ1v) is 12.0. The second-order valence-electron chi connectivity index (χ2n) is 6.98. The zero-order valence-electron chi connectivity index (χ0n) is 17.3. The molecule has 2 heterocycles. The molecule has 0 N–H and O–H groups in total. The van der Waals surface area contributed by atoms with Crippen molar-refractivity contribution in [1.29, 1.82) is 0 Å². The number of rotatable bonds is 8. The number of aromatic nitrogens is 1. The van der Waals surface area contributed by atoms with Crippen molar-refractivity contribution in [2.75, 3.05) is 14.1 Å². The molecular weight excluding hydrogens is 452 g/mol. The number of furan rings is 1. The van der Waals surface area contributed by atoms with Crippen LogP contribution in [-0.4, -0.2) is 37.8 Å². The molecule has 0 spiro atoms. The lowest BCUT2D eigenvalue weighted by Gasteiger charge is -2.09. The fourth-order valence-corrected chi connectivity index (χ4v) is 4.52. The van der Waals surface area contributed by atoms with Crippen molar-refractivity contribution in [3.8, 4) is 0 Å². The molecular formula is C22H20N2O6S2. The molecule has 0 bridgehead atoms. The number of ether oxygens (including phenoxy) is 1. The molecule has 4 aromatic rings. The van der Waals surface area contributed by atoms with Crippen LogP contribution in [0, 0.1) is 0 Å². The van der Waals surface area contributed by atoms with E-state index in [0.29, 0.717) is 22.1 Å². The number of benzene rings is 2. The summed E-state index contributed by atoms with van der Waals surface area (Å²) >= 11 is 1.38. The van der Waals surface area contributed by atoms with Gasteiger partial charge in [0.25, 0.3) is 15.2 Å². The fraction of sp³-hybridized carbons (Fsp3) is 0.182. The number of sulfonamides is 1. The lowest BCUT2D eigenvalue weighted by atomic mass is 10.1. The van der Waals surface area contributed by atoms with Gasteiger partial charge >= 0.3 is 5.97 Å². The Labute approximate surface area is 189 Å². The highest BCUT2D eigenvalue weighted by molar-refractivity contribution is 7.98. The number of oxazole rings is 1. The predicted molar refractivity (Wildman–Crippen MR) is 119 cm³/mol. The first kappa shape index (κ1) is 22.1. The Morgan fingerprint density at radius 3 is 2.56 bits per heavy atom. The van der Waals surface area contributed by atoms with E-state index in [-0.39, 0.29) is 17.5 Å². The zero-order chi connectivity index (χ0) is 22.7. The van der Waals surface area contributed by atoms with Gasteiger partial charge in [-0.05, 0) is 35.9 Å². The fourth-order valence-electron chi connectivity index (χ4n) is 2.87. The molecule has 8 nitrogen and oxygen atoms in total. The van der Waals surface area contributed by atoms with E-state index >= 15 is 0 Å². The van der Waals surface area contributed by atoms with Crippen LogP contribution in [0.5, 0.6) is 0 Å². The average Bonchev–Trinajstić information content (AvgIpc) is 3.43. The quantitative estimate of drug-likeness (QED) is 0.276. The van der Waals surface area contributed by atoms with Crippen LogP contribution < -0.4 is 0 Å². The maximum Gasteiger partial charge on any atom is 0.338 e. The van der Waals surface area contributed by atoms with Crippen LogP contribution in [-0.2, 0) is 27.1 Å². The molecule has 0 aliphatic rings. The van der Waals surface area contributed by atoms with Gasteiger partial charge in [-0.25, -0.2) is 22.5 Å². The Hall–Kier alpha value is -3.08. The molecule has 0 unspecified atom stereocenters. The lowest BCUT2D eigenvalue weighted by molar-refractivity contribution is 0.0439. The second kappa shape index (κ2) is 9.19. The van der Waals surface area contributed by atoms with Gasteiger partial charge < -0.3 is 13.6 Å². The van der Waals surface area contributed by atoms with Crippen LogP contribution in [0.1, 0.15) is 21.7 Å². The third-order valence-corrected chi connectivity index (χ3v) is 7.15. The minimum atomic E-state index is -3.69. The highest BCUT2D eigenvalue weighted by atomic mass is 32.2. The van der Waals surface area contributed by atoms with Crippen LogP contribution in [0.25, 0.3) is 11.1 Å². The van der Waals surface area contributed by atoms with Gasteiger partial charge in [0.15, 0.2) is 5.58 Å². The minimum Gasteiger partial charge on any atom is -0.454 e. The maximum atomic E-state index is 12.7. The molecule has 0 atom stereocenters. The van der Waals surface area contributed by atoms with Gasteiger partial charge in [0, 0.05) is 19.8 Å². The van der Waals surface area contributed by atoms with Crippen LogP contribution >= 0.6 is 11.8 Å². The largest absolute Gasteiger partial charge is 0.454 e. The topological polar surface area (TPSA) is 103 Å². The van der Waals surface area contributed by atoms with Crippen LogP contribution in [0.15, 0.2) is 79.8 Å². The highest BCUT2D eigenvalue weighted by Gasteiger charge is 2.22. The van der Waals surface area contributed by atoms with Gasteiger partial charge in [0.2, 0.25) is 5.09 Å². The van der Waals surface area contributed by atoms with Gasteiger partial charge in [-0.1, -0.05) is 42.1 Å². The molecule has 0 aliphatic carbocycles. The van der Waals surface area contributed by atoms with Crippen molar-refractivity contribution in [3.63, 3.8) is 0 Å². The summed E-state index contributed by atoms with van der Waals surface area (Å²) in [5.74, 6) is 0.161. The predicted octanol–water partition coefficient (Wildman–Crippen LogP) is 4.32. The Kier molecular flexibility index (Phi) is 6.35. The Balaban J connectivity index is 1.42. The zero-order valence-corrected chi connectivity index (χ0v) is 19.0. The van der Waals surface area contributed by atoms with Crippen molar-refractivity contribution >= 4 is 38.9 Å². The van der Waals surface area contributed by atoms with E-state index in [1.807, 2.05) is 36.4 Å². The molecule has 166 valence electrons. The van der Waals surface area contributed by atoms with Gasteiger partial charge in [0.05, 0.1) is 5.56 Å². The summed E-state index contributed by atoms with van der Waals surface area (Å²) in [5, 5.41) is 0.309. The maximum absolute atomic E-state index is 12.7. The SMILES string of the molecule is CN(C)S(=O)(=O)c1ccc(COC(=O)c2ccccc2CSc2nc3ccccc3o2)o1. The molecule has 2 aromatic carbocycles. The highest BCUT2D eigenvalue weighted by Crippen LogP contribution is 2.27. The van der Waals surface area contributed by atoms with Crippen LogP contribution in [0.2, 0.25) is 0 Å². The summed E-state index contributed by atoms with van der Waals surface area (Å²) in [6.45, 7) is -0.186. The molecule has 0 fully saturated rings. The van der Waals surface area contributed by atoms with Crippen molar-refractivity contribution < 1.29 is 26.8 Å². The Morgan fingerprint density at radius 2 is 1.78 bits per heavy atom. The molecule has 0 aliphatic heterocycles. The number of thioether (sulfide) groups is 1. The Bertz CT molecular complexity index is 1320. The standard InChI is InChI=1S/C22H20N2O6S2/c1-24(2)32(26,27)20-12-11-16(29-20)13-28-21(25)17-8-4-3-7-15(17)14-31-22-23-18-9-5-6-10-19(18)30-22/h3-12H,13-14H2,1-2H3. The lowest BCUT2D eigenvalue weighted by Crippen LogP contribution is -2.21. The smallest absolute Gasteiger partial charge is 0.338 e. The molecule has 4 rings (SSSR count). The van der Waals surface area contributed by atoms with E-state index < -0.39 is 16.0 Å². The third-order valence-electron chi connectivity index (χ3n) is 4.58. The summed E-state index contributed by atoms with van der Waals surface area (Å²) in [5.41, 5.74) is 2.65. The molecule has 0 radical (unpaired) electrons. The van der Waals surface area contributed by atoms with E-state index in [4.69, 9.17) is 13.6 Å². The summed E-state index contributed by atoms with van der Waals surface area (Å²) in [6.07, 6.45) is 0. The summed E-state index contributed by atoms with van der Waals surface area (Å²) in [4.78, 5) is 17.1. The number of hydrogen-bond acceptors (Lipinski definition) is 8. The van der Waals surface area contributed by atoms with E-state index in [0.717, 1.165) is 15.4 Å². The van der Waals surface area contributed by atoms with Gasteiger partial charge in [-0.2, -0.15) is 0 Å². The summed E-state index contributed by atoms with van der Waals surface area (Å²) in [7, 11) is -0.868. The molecule has 2 aromatic heterocycles. The molecule has 0 saturated heterocycles. The van der Waals surface area contributed by atoms with Crippen molar-refractivity contribution in [1.82, 2.24) is 9.29 Å². The minimum absolute atomic E-state index is 0.186. The average molecular weight is 473 g/mol.